The van der Waals surface area contributed by atoms with Gasteiger partial charge in [0.25, 0.3) is 0 Å². The molecule has 4 nitrogen and oxygen atoms in total. The van der Waals surface area contributed by atoms with E-state index < -0.39 is 0 Å². The highest BCUT2D eigenvalue weighted by molar-refractivity contribution is 5.78. The number of esters is 1. The Morgan fingerprint density at radius 2 is 2.23 bits per heavy atom. The molecular formula is C18H27NO3. The fourth-order valence-corrected chi connectivity index (χ4v) is 2.64. The second-order valence-electron chi connectivity index (χ2n) is 5.84. The minimum Gasteiger partial charge on any atom is -0.453 e. The van der Waals surface area contributed by atoms with E-state index in [-0.39, 0.29) is 5.97 Å². The molecule has 3 rings (SSSR count). The molecule has 2 bridgehead atoms. The highest BCUT2D eigenvalue weighted by Gasteiger charge is 2.12. The van der Waals surface area contributed by atoms with Crippen LogP contribution in [0.5, 0.6) is 5.75 Å². The van der Waals surface area contributed by atoms with Crippen molar-refractivity contribution in [2.24, 2.45) is 0 Å². The maximum absolute atomic E-state index is 11.4. The second kappa shape index (κ2) is 8.79. The molecule has 0 saturated carbocycles. The average Bonchev–Trinajstić information content (AvgIpc) is 3.25. The lowest BCUT2D eigenvalue weighted by molar-refractivity contribution is -0.134. The number of rotatable bonds is 6. The molecule has 1 N–H and O–H groups in total. The van der Waals surface area contributed by atoms with E-state index in [4.69, 9.17) is 9.15 Å². The molecule has 0 amide bonds. The predicted octanol–water partition coefficient (Wildman–Crippen LogP) is 4.50. The fourth-order valence-electron chi connectivity index (χ4n) is 2.64. The summed E-state index contributed by atoms with van der Waals surface area (Å²) in [5.41, 5.74) is 1.40. The van der Waals surface area contributed by atoms with Crippen molar-refractivity contribution >= 4 is 17.1 Å². The van der Waals surface area contributed by atoms with E-state index in [2.05, 4.69) is 19.2 Å². The van der Waals surface area contributed by atoms with Gasteiger partial charge in [-0.1, -0.05) is 26.7 Å². The summed E-state index contributed by atoms with van der Waals surface area (Å²) in [6, 6.07) is 6.25. The first-order valence-electron chi connectivity index (χ1n) is 8.49. The number of unbranched alkanes of at least 4 members (excludes halogenated alkanes) is 2. The van der Waals surface area contributed by atoms with Crippen molar-refractivity contribution in [2.75, 3.05) is 6.54 Å². The molecule has 122 valence electrons. The summed E-state index contributed by atoms with van der Waals surface area (Å²) in [4.78, 5) is 11.4. The summed E-state index contributed by atoms with van der Waals surface area (Å²) < 4.78 is 10.4. The van der Waals surface area contributed by atoms with E-state index in [1.54, 1.807) is 6.07 Å². The van der Waals surface area contributed by atoms with Crippen LogP contribution in [0.3, 0.4) is 0 Å². The Hall–Kier alpha value is -1.55. The largest absolute Gasteiger partial charge is 0.453 e. The summed E-state index contributed by atoms with van der Waals surface area (Å²) in [6.45, 7) is 5.59. The van der Waals surface area contributed by atoms with Gasteiger partial charge in [-0.05, 0) is 44.4 Å². The number of hydrogen-bond donors (Lipinski definition) is 1. The zero-order chi connectivity index (χ0) is 15.8. The van der Waals surface area contributed by atoms with Crippen LogP contribution in [0.4, 0.5) is 0 Å². The molecule has 0 radical (unpaired) electrons. The van der Waals surface area contributed by atoms with E-state index in [9.17, 15) is 4.79 Å². The molecule has 1 saturated heterocycles. The molecule has 3 heterocycles. The molecule has 1 atom stereocenters. The normalized spacial score (nSPS) is 17.5. The summed E-state index contributed by atoms with van der Waals surface area (Å²) in [5, 5.41) is 3.41. The van der Waals surface area contributed by atoms with Crippen LogP contribution in [0.25, 0.3) is 11.2 Å². The first kappa shape index (κ1) is 16.8. The lowest BCUT2D eigenvalue weighted by atomic mass is 10.2. The van der Waals surface area contributed by atoms with Crippen LogP contribution >= 0.6 is 0 Å². The van der Waals surface area contributed by atoms with Crippen molar-refractivity contribution in [1.29, 1.82) is 0 Å². The maximum Gasteiger partial charge on any atom is 0.311 e. The summed E-state index contributed by atoms with van der Waals surface area (Å²) >= 11 is 0. The number of ether oxygens (including phenoxy) is 1. The van der Waals surface area contributed by atoms with Crippen molar-refractivity contribution in [3.05, 3.63) is 18.2 Å². The van der Waals surface area contributed by atoms with E-state index >= 15 is 0 Å². The summed E-state index contributed by atoms with van der Waals surface area (Å²) in [7, 11) is 0. The molecule has 1 fully saturated rings. The third-order valence-electron chi connectivity index (χ3n) is 4.01. The Morgan fingerprint density at radius 3 is 2.73 bits per heavy atom. The maximum atomic E-state index is 11.4. The van der Waals surface area contributed by atoms with Crippen LogP contribution < -0.4 is 10.1 Å². The van der Waals surface area contributed by atoms with E-state index in [0.29, 0.717) is 17.8 Å². The third kappa shape index (κ3) is 5.02. The third-order valence-corrected chi connectivity index (χ3v) is 4.01. The Labute approximate surface area is 132 Å². The molecule has 0 spiro atoms. The molecule has 4 heteroatoms. The monoisotopic (exact) mass is 305 g/mol. The van der Waals surface area contributed by atoms with Gasteiger partial charge in [0.1, 0.15) is 5.58 Å². The number of furan rings is 2. The molecule has 1 unspecified atom stereocenters. The van der Waals surface area contributed by atoms with Gasteiger partial charge in [-0.3, -0.25) is 4.79 Å². The van der Waals surface area contributed by atoms with Gasteiger partial charge in [0.05, 0.1) is 0 Å². The van der Waals surface area contributed by atoms with Gasteiger partial charge in [-0.25, -0.2) is 0 Å². The van der Waals surface area contributed by atoms with Gasteiger partial charge < -0.3 is 14.5 Å². The standard InChI is InChI=1S/C12H14O3.C6H13N/c1-2-3-4-5-12(13)15-11-8-9-6-7-10(11)14-9;1-2-6-4-3-5-7-6/h6-8H,2-5H2,1H3;6-7H,2-5H2,1H3. The van der Waals surface area contributed by atoms with Gasteiger partial charge >= 0.3 is 5.97 Å². The van der Waals surface area contributed by atoms with Crippen molar-refractivity contribution in [2.45, 2.75) is 64.8 Å². The molecule has 1 aliphatic heterocycles. The first-order chi connectivity index (χ1) is 10.7. The smallest absolute Gasteiger partial charge is 0.311 e. The highest BCUT2D eigenvalue weighted by atomic mass is 16.5. The molecule has 1 aliphatic rings. The number of hydrogen-bond acceptors (Lipinski definition) is 4. The molecule has 2 aromatic rings. The summed E-state index contributed by atoms with van der Waals surface area (Å²) in [6.07, 6.45) is 7.65. The highest BCUT2D eigenvalue weighted by Crippen LogP contribution is 2.29. The van der Waals surface area contributed by atoms with Gasteiger partial charge in [0.2, 0.25) is 0 Å². The molecule has 0 aromatic carbocycles. The SMILES string of the molecule is CCC1CCCN1.CCCCCC(=O)Oc1cc2ccc1o2. The molecule has 22 heavy (non-hydrogen) atoms. The van der Waals surface area contributed by atoms with Crippen molar-refractivity contribution in [3.63, 3.8) is 0 Å². The van der Waals surface area contributed by atoms with Crippen LogP contribution in [0.1, 0.15) is 58.8 Å². The van der Waals surface area contributed by atoms with Crippen molar-refractivity contribution in [1.82, 2.24) is 5.32 Å². The van der Waals surface area contributed by atoms with Crippen LogP contribution in [-0.2, 0) is 4.79 Å². The number of carbonyl (C=O) groups excluding carboxylic acids is 1. The number of carbonyl (C=O) groups is 1. The fraction of sp³-hybridized carbons (Fsp3) is 0.611. The molecule has 0 aliphatic carbocycles. The lowest BCUT2D eigenvalue weighted by Gasteiger charge is -2.02. The van der Waals surface area contributed by atoms with Gasteiger partial charge in [-0.2, -0.15) is 0 Å². The Bertz CT molecular complexity index is 543. The van der Waals surface area contributed by atoms with E-state index in [0.717, 1.165) is 30.9 Å². The van der Waals surface area contributed by atoms with Crippen LogP contribution in [0.15, 0.2) is 22.6 Å². The summed E-state index contributed by atoms with van der Waals surface area (Å²) in [5.74, 6) is 0.376. The van der Waals surface area contributed by atoms with Gasteiger partial charge in [-0.15, -0.1) is 0 Å². The van der Waals surface area contributed by atoms with Gasteiger partial charge in [0.15, 0.2) is 11.3 Å². The molecule has 2 aromatic heterocycles. The molecular weight excluding hydrogens is 278 g/mol. The lowest BCUT2D eigenvalue weighted by Crippen LogP contribution is -2.19. The van der Waals surface area contributed by atoms with Gasteiger partial charge in [0, 0.05) is 18.5 Å². The Morgan fingerprint density at radius 1 is 1.36 bits per heavy atom. The minimum atomic E-state index is -0.174. The van der Waals surface area contributed by atoms with Crippen LogP contribution in [0.2, 0.25) is 0 Å². The number of nitrogens with one attached hydrogen (secondary N) is 1. The zero-order valence-corrected chi connectivity index (χ0v) is 13.7. The van der Waals surface area contributed by atoms with E-state index in [1.165, 1.54) is 25.8 Å². The first-order valence-corrected chi connectivity index (χ1v) is 8.49. The van der Waals surface area contributed by atoms with Crippen LogP contribution in [-0.4, -0.2) is 18.6 Å². The van der Waals surface area contributed by atoms with Crippen molar-refractivity contribution in [3.8, 4) is 5.75 Å². The quantitative estimate of drug-likeness (QED) is 0.485. The topological polar surface area (TPSA) is 51.5 Å². The Balaban J connectivity index is 0.000000211. The Kier molecular flexibility index (Phi) is 6.72. The number of benzene rings is 1. The number of fused-ring (bicyclic) bond motifs is 2. The second-order valence-corrected chi connectivity index (χ2v) is 5.84. The minimum absolute atomic E-state index is 0.174. The van der Waals surface area contributed by atoms with E-state index in [1.807, 2.05) is 12.1 Å². The van der Waals surface area contributed by atoms with Crippen LogP contribution in [0, 0.1) is 0 Å². The zero-order valence-electron chi connectivity index (χ0n) is 13.7. The van der Waals surface area contributed by atoms with Crippen molar-refractivity contribution < 1.29 is 13.9 Å². The average molecular weight is 305 g/mol. The predicted molar refractivity (Wildman–Crippen MR) is 88.5 cm³/mol.